The van der Waals surface area contributed by atoms with E-state index in [9.17, 15) is 4.79 Å². The molecule has 3 N–H and O–H groups in total. The van der Waals surface area contributed by atoms with E-state index < -0.39 is 0 Å². The van der Waals surface area contributed by atoms with Crippen molar-refractivity contribution in [3.63, 3.8) is 0 Å². The summed E-state index contributed by atoms with van der Waals surface area (Å²) in [5.41, 5.74) is 8.01. The minimum atomic E-state index is -0.0378. The number of amides is 1. The summed E-state index contributed by atoms with van der Waals surface area (Å²) in [5, 5.41) is 0. The van der Waals surface area contributed by atoms with Crippen LogP contribution in [0.2, 0.25) is 0 Å². The number of rotatable bonds is 6. The van der Waals surface area contributed by atoms with Crippen molar-refractivity contribution in [2.75, 3.05) is 20.1 Å². The summed E-state index contributed by atoms with van der Waals surface area (Å²) >= 11 is 0. The van der Waals surface area contributed by atoms with Gasteiger partial charge in [0.25, 0.3) is 5.91 Å². The van der Waals surface area contributed by atoms with Crippen LogP contribution in [-0.4, -0.2) is 42.0 Å². The van der Waals surface area contributed by atoms with Crippen molar-refractivity contribution < 1.29 is 9.53 Å². The third-order valence-electron chi connectivity index (χ3n) is 3.32. The molecule has 0 aliphatic carbocycles. The standard InChI is InChI=1S/C17H23N3O2/c1-12(2)22-14-6-4-13(5-7-14)15-10-19-11-16(15)17(21)20(3)9-8-18/h4-7,10-12,19H,8-9,18H2,1-3H3. The minimum absolute atomic E-state index is 0.0378. The Hall–Kier alpha value is -2.27. The van der Waals surface area contributed by atoms with Gasteiger partial charge in [0.15, 0.2) is 0 Å². The molecule has 22 heavy (non-hydrogen) atoms. The van der Waals surface area contributed by atoms with Crippen LogP contribution < -0.4 is 10.5 Å². The summed E-state index contributed by atoms with van der Waals surface area (Å²) in [4.78, 5) is 17.1. The van der Waals surface area contributed by atoms with Gasteiger partial charge in [0.05, 0.1) is 11.7 Å². The molecule has 2 aromatic rings. The molecule has 0 fully saturated rings. The molecule has 1 heterocycles. The first-order valence-corrected chi connectivity index (χ1v) is 7.42. The largest absolute Gasteiger partial charge is 0.491 e. The van der Waals surface area contributed by atoms with Gasteiger partial charge in [-0.2, -0.15) is 0 Å². The summed E-state index contributed by atoms with van der Waals surface area (Å²) in [6.45, 7) is 4.96. The van der Waals surface area contributed by atoms with Gasteiger partial charge in [-0.15, -0.1) is 0 Å². The Kier molecular flexibility index (Phi) is 5.22. The Bertz CT molecular complexity index is 617. The van der Waals surface area contributed by atoms with Gasteiger partial charge in [0.1, 0.15) is 5.75 Å². The summed E-state index contributed by atoms with van der Waals surface area (Å²) in [6.07, 6.45) is 3.70. The Morgan fingerprint density at radius 2 is 1.95 bits per heavy atom. The van der Waals surface area contributed by atoms with Crippen LogP contribution in [0.25, 0.3) is 11.1 Å². The van der Waals surface area contributed by atoms with Crippen molar-refractivity contribution in [1.82, 2.24) is 9.88 Å². The van der Waals surface area contributed by atoms with Crippen LogP contribution in [0.15, 0.2) is 36.7 Å². The Labute approximate surface area is 131 Å². The van der Waals surface area contributed by atoms with E-state index in [1.165, 1.54) is 0 Å². The lowest BCUT2D eigenvalue weighted by Gasteiger charge is -2.16. The Morgan fingerprint density at radius 1 is 1.27 bits per heavy atom. The number of nitrogens with zero attached hydrogens (tertiary/aromatic N) is 1. The number of carbonyl (C=O) groups excluding carboxylic acids is 1. The average molecular weight is 301 g/mol. The monoisotopic (exact) mass is 301 g/mol. The summed E-state index contributed by atoms with van der Waals surface area (Å²) in [5.74, 6) is 0.784. The van der Waals surface area contributed by atoms with Gasteiger partial charge in [-0.3, -0.25) is 4.79 Å². The molecule has 5 nitrogen and oxygen atoms in total. The zero-order chi connectivity index (χ0) is 16.1. The Balaban J connectivity index is 2.23. The van der Waals surface area contributed by atoms with Crippen LogP contribution in [-0.2, 0) is 0 Å². The quantitative estimate of drug-likeness (QED) is 0.861. The van der Waals surface area contributed by atoms with Crippen molar-refractivity contribution >= 4 is 5.91 Å². The number of carbonyl (C=O) groups is 1. The summed E-state index contributed by atoms with van der Waals surface area (Å²) in [6, 6.07) is 7.75. The van der Waals surface area contributed by atoms with Gasteiger partial charge in [-0.1, -0.05) is 12.1 Å². The van der Waals surface area contributed by atoms with Gasteiger partial charge >= 0.3 is 0 Å². The highest BCUT2D eigenvalue weighted by molar-refractivity contribution is 6.00. The topological polar surface area (TPSA) is 71.4 Å². The van der Waals surface area contributed by atoms with Crippen molar-refractivity contribution in [3.8, 4) is 16.9 Å². The first kappa shape index (κ1) is 16.1. The third-order valence-corrected chi connectivity index (χ3v) is 3.32. The lowest BCUT2D eigenvalue weighted by molar-refractivity contribution is 0.0800. The maximum absolute atomic E-state index is 12.4. The normalized spacial score (nSPS) is 10.8. The van der Waals surface area contributed by atoms with E-state index in [0.29, 0.717) is 18.7 Å². The number of benzene rings is 1. The number of aromatic amines is 1. The van der Waals surface area contributed by atoms with Crippen LogP contribution >= 0.6 is 0 Å². The maximum Gasteiger partial charge on any atom is 0.255 e. The molecule has 118 valence electrons. The zero-order valence-corrected chi connectivity index (χ0v) is 13.3. The second-order valence-corrected chi connectivity index (χ2v) is 5.49. The van der Waals surface area contributed by atoms with E-state index in [1.807, 2.05) is 44.3 Å². The number of nitrogens with two attached hydrogens (primary N) is 1. The molecule has 0 bridgehead atoms. The molecule has 0 aliphatic rings. The molecule has 0 atom stereocenters. The molecule has 5 heteroatoms. The molecule has 0 saturated carbocycles. The van der Waals surface area contributed by atoms with E-state index in [2.05, 4.69) is 4.98 Å². The molecule has 0 unspecified atom stereocenters. The number of nitrogens with one attached hydrogen (secondary N) is 1. The molecule has 0 aliphatic heterocycles. The lowest BCUT2D eigenvalue weighted by Crippen LogP contribution is -2.31. The average Bonchev–Trinajstić information content (AvgIpc) is 2.96. The molecular formula is C17H23N3O2. The fourth-order valence-corrected chi connectivity index (χ4v) is 2.27. The zero-order valence-electron chi connectivity index (χ0n) is 13.3. The number of H-pyrrole nitrogens is 1. The fourth-order valence-electron chi connectivity index (χ4n) is 2.27. The number of ether oxygens (including phenoxy) is 1. The van der Waals surface area contributed by atoms with E-state index in [1.54, 1.807) is 18.1 Å². The molecule has 1 aromatic carbocycles. The molecule has 0 spiro atoms. The highest BCUT2D eigenvalue weighted by Gasteiger charge is 2.17. The molecule has 0 saturated heterocycles. The fraction of sp³-hybridized carbons (Fsp3) is 0.353. The minimum Gasteiger partial charge on any atom is -0.491 e. The summed E-state index contributed by atoms with van der Waals surface area (Å²) < 4.78 is 5.64. The molecule has 1 aromatic heterocycles. The Morgan fingerprint density at radius 3 is 2.55 bits per heavy atom. The van der Waals surface area contributed by atoms with E-state index in [-0.39, 0.29) is 12.0 Å². The van der Waals surface area contributed by atoms with Crippen molar-refractivity contribution in [2.24, 2.45) is 5.73 Å². The molecule has 2 rings (SSSR count). The second-order valence-electron chi connectivity index (χ2n) is 5.49. The van der Waals surface area contributed by atoms with Gasteiger partial charge in [0, 0.05) is 38.1 Å². The van der Waals surface area contributed by atoms with Gasteiger partial charge in [0.2, 0.25) is 0 Å². The van der Waals surface area contributed by atoms with Crippen LogP contribution in [0.5, 0.6) is 5.75 Å². The van der Waals surface area contributed by atoms with Crippen molar-refractivity contribution in [3.05, 3.63) is 42.2 Å². The highest BCUT2D eigenvalue weighted by Crippen LogP contribution is 2.26. The van der Waals surface area contributed by atoms with Gasteiger partial charge in [-0.05, 0) is 31.5 Å². The molecular weight excluding hydrogens is 278 g/mol. The SMILES string of the molecule is CC(C)Oc1ccc(-c2c[nH]cc2C(=O)N(C)CCN)cc1. The van der Waals surface area contributed by atoms with Crippen LogP contribution in [0, 0.1) is 0 Å². The molecule has 1 amide bonds. The van der Waals surface area contributed by atoms with E-state index in [0.717, 1.165) is 16.9 Å². The molecule has 0 radical (unpaired) electrons. The number of aromatic nitrogens is 1. The number of hydrogen-bond donors (Lipinski definition) is 2. The number of hydrogen-bond acceptors (Lipinski definition) is 3. The summed E-state index contributed by atoms with van der Waals surface area (Å²) in [7, 11) is 1.76. The first-order chi connectivity index (χ1) is 10.5. The van der Waals surface area contributed by atoms with E-state index >= 15 is 0 Å². The highest BCUT2D eigenvalue weighted by atomic mass is 16.5. The van der Waals surface area contributed by atoms with Crippen LogP contribution in [0.3, 0.4) is 0 Å². The van der Waals surface area contributed by atoms with Crippen molar-refractivity contribution in [2.45, 2.75) is 20.0 Å². The van der Waals surface area contributed by atoms with Gasteiger partial charge in [-0.25, -0.2) is 0 Å². The smallest absolute Gasteiger partial charge is 0.255 e. The van der Waals surface area contributed by atoms with Crippen molar-refractivity contribution in [1.29, 1.82) is 0 Å². The second kappa shape index (κ2) is 7.13. The predicted molar refractivity (Wildman–Crippen MR) is 88.0 cm³/mol. The third kappa shape index (κ3) is 3.68. The van der Waals surface area contributed by atoms with Crippen LogP contribution in [0.1, 0.15) is 24.2 Å². The first-order valence-electron chi connectivity index (χ1n) is 7.42. The predicted octanol–water partition coefficient (Wildman–Crippen LogP) is 2.50. The van der Waals surface area contributed by atoms with Crippen LogP contribution in [0.4, 0.5) is 0 Å². The lowest BCUT2D eigenvalue weighted by atomic mass is 10.0. The number of likely N-dealkylation sites (N-methyl/N-ethyl adjacent to an activating group) is 1. The van der Waals surface area contributed by atoms with Gasteiger partial charge < -0.3 is 20.4 Å². The van der Waals surface area contributed by atoms with E-state index in [4.69, 9.17) is 10.5 Å². The maximum atomic E-state index is 12.4.